The zero-order valence-electron chi connectivity index (χ0n) is 13.5. The number of carbonyl (C=O) groups excluding carboxylic acids is 2. The van der Waals surface area contributed by atoms with Crippen LogP contribution in [0.15, 0.2) is 46.7 Å². The van der Waals surface area contributed by atoms with Gasteiger partial charge in [0, 0.05) is 22.0 Å². The van der Waals surface area contributed by atoms with Gasteiger partial charge < -0.3 is 10.2 Å². The fourth-order valence-electron chi connectivity index (χ4n) is 2.90. The highest BCUT2D eigenvalue weighted by molar-refractivity contribution is 7.98. The molecule has 6 heteroatoms. The third kappa shape index (κ3) is 3.99. The molecule has 0 aliphatic carbocycles. The van der Waals surface area contributed by atoms with Crippen molar-refractivity contribution in [2.75, 3.05) is 18.1 Å². The summed E-state index contributed by atoms with van der Waals surface area (Å²) in [4.78, 5) is 29.0. The van der Waals surface area contributed by atoms with E-state index in [1.807, 2.05) is 48.0 Å². The quantitative estimate of drug-likeness (QED) is 0.828. The highest BCUT2D eigenvalue weighted by atomic mass is 32.2. The van der Waals surface area contributed by atoms with Crippen LogP contribution in [0.4, 0.5) is 5.69 Å². The Kier molecular flexibility index (Phi) is 5.58. The van der Waals surface area contributed by atoms with Crippen molar-refractivity contribution < 1.29 is 9.59 Å². The molecule has 2 heterocycles. The van der Waals surface area contributed by atoms with E-state index >= 15 is 0 Å². The van der Waals surface area contributed by atoms with E-state index in [2.05, 4.69) is 5.32 Å². The summed E-state index contributed by atoms with van der Waals surface area (Å²) in [5.41, 5.74) is 0.773. The molecule has 1 atom stereocenters. The predicted molar refractivity (Wildman–Crippen MR) is 99.6 cm³/mol. The first-order chi connectivity index (χ1) is 11.7. The molecule has 1 N–H and O–H groups in total. The van der Waals surface area contributed by atoms with Crippen LogP contribution in [-0.4, -0.2) is 35.6 Å². The first-order valence-electron chi connectivity index (χ1n) is 7.94. The minimum absolute atomic E-state index is 0.0350. The lowest BCUT2D eigenvalue weighted by Crippen LogP contribution is -2.43. The van der Waals surface area contributed by atoms with Crippen molar-refractivity contribution in [2.45, 2.75) is 30.2 Å². The van der Waals surface area contributed by atoms with Gasteiger partial charge in [-0.1, -0.05) is 6.07 Å². The Morgan fingerprint density at radius 3 is 2.75 bits per heavy atom. The van der Waals surface area contributed by atoms with Gasteiger partial charge in [-0.25, -0.2) is 0 Å². The van der Waals surface area contributed by atoms with E-state index in [9.17, 15) is 9.59 Å². The summed E-state index contributed by atoms with van der Waals surface area (Å²) >= 11 is 3.24. The molecule has 4 nitrogen and oxygen atoms in total. The predicted octanol–water partition coefficient (Wildman–Crippen LogP) is 3.64. The van der Waals surface area contributed by atoms with Gasteiger partial charge in [0.25, 0.3) is 0 Å². The van der Waals surface area contributed by atoms with Gasteiger partial charge in [0.1, 0.15) is 6.04 Å². The van der Waals surface area contributed by atoms with Crippen molar-refractivity contribution in [3.05, 3.63) is 46.7 Å². The number of nitrogens with one attached hydrogen (secondary N) is 1. The van der Waals surface area contributed by atoms with Crippen LogP contribution in [0, 0.1) is 0 Å². The molecule has 1 unspecified atom stereocenters. The molecule has 0 radical (unpaired) electrons. The largest absolute Gasteiger partial charge is 0.330 e. The lowest BCUT2D eigenvalue weighted by atomic mass is 10.2. The summed E-state index contributed by atoms with van der Waals surface area (Å²) in [6, 6.07) is 11.3. The first-order valence-corrected chi connectivity index (χ1v) is 10.0. The Morgan fingerprint density at radius 2 is 2.08 bits per heavy atom. The number of carbonyl (C=O) groups is 2. The third-order valence-corrected chi connectivity index (χ3v) is 5.76. The molecule has 1 aromatic carbocycles. The molecule has 0 saturated carbocycles. The van der Waals surface area contributed by atoms with Crippen molar-refractivity contribution in [1.29, 1.82) is 0 Å². The molecule has 24 heavy (non-hydrogen) atoms. The Morgan fingerprint density at radius 1 is 1.29 bits per heavy atom. The number of benzene rings is 1. The van der Waals surface area contributed by atoms with E-state index < -0.39 is 0 Å². The van der Waals surface area contributed by atoms with Gasteiger partial charge in [0.2, 0.25) is 11.8 Å². The summed E-state index contributed by atoms with van der Waals surface area (Å²) in [6.45, 7) is 0.660. The number of thiophene rings is 1. The van der Waals surface area contributed by atoms with Gasteiger partial charge >= 0.3 is 0 Å². The van der Waals surface area contributed by atoms with E-state index in [4.69, 9.17) is 0 Å². The van der Waals surface area contributed by atoms with Crippen LogP contribution >= 0.6 is 23.1 Å². The van der Waals surface area contributed by atoms with Crippen molar-refractivity contribution in [3.63, 3.8) is 0 Å². The maximum absolute atomic E-state index is 12.6. The van der Waals surface area contributed by atoms with Crippen LogP contribution in [0.3, 0.4) is 0 Å². The topological polar surface area (TPSA) is 49.4 Å². The van der Waals surface area contributed by atoms with E-state index in [0.29, 0.717) is 13.0 Å². The molecule has 1 aromatic heterocycles. The molecule has 1 saturated heterocycles. The van der Waals surface area contributed by atoms with Crippen molar-refractivity contribution >= 4 is 40.6 Å². The minimum atomic E-state index is -0.363. The second-order valence-electron chi connectivity index (χ2n) is 5.72. The van der Waals surface area contributed by atoms with E-state index in [-0.39, 0.29) is 17.9 Å². The Hall–Kier alpha value is -1.79. The van der Waals surface area contributed by atoms with Gasteiger partial charge in [0.05, 0.1) is 6.42 Å². The average Bonchev–Trinajstić information content (AvgIpc) is 3.27. The molecule has 2 aromatic rings. The summed E-state index contributed by atoms with van der Waals surface area (Å²) in [5, 5.41) is 4.91. The van der Waals surface area contributed by atoms with E-state index in [1.54, 1.807) is 28.0 Å². The highest BCUT2D eigenvalue weighted by Crippen LogP contribution is 2.22. The number of hydrogen-bond acceptors (Lipinski definition) is 4. The molecular formula is C18H20N2O2S2. The third-order valence-electron chi connectivity index (χ3n) is 4.14. The molecule has 0 bridgehead atoms. The number of rotatable bonds is 5. The van der Waals surface area contributed by atoms with Crippen LogP contribution in [0.5, 0.6) is 0 Å². The number of anilines is 1. The first kappa shape index (κ1) is 17.0. The molecule has 126 valence electrons. The number of nitrogens with zero attached hydrogens (tertiary/aromatic N) is 1. The number of thioether (sulfide) groups is 1. The monoisotopic (exact) mass is 360 g/mol. The highest BCUT2D eigenvalue weighted by Gasteiger charge is 2.34. The van der Waals surface area contributed by atoms with Crippen LogP contribution in [0.2, 0.25) is 0 Å². The standard InChI is InChI=1S/C18H20N2O2S2/c1-23-14-8-6-13(7-9-14)19-18(22)16-5-2-10-20(16)17(21)12-15-4-3-11-24-15/h3-4,6-9,11,16H,2,5,10,12H2,1H3,(H,19,22). The van der Waals surface area contributed by atoms with Crippen LogP contribution in [-0.2, 0) is 16.0 Å². The van der Waals surface area contributed by atoms with Crippen LogP contribution < -0.4 is 5.32 Å². The van der Waals surface area contributed by atoms with Gasteiger partial charge in [-0.3, -0.25) is 9.59 Å². The van der Waals surface area contributed by atoms with Gasteiger partial charge in [-0.05, 0) is 54.8 Å². The number of hydrogen-bond donors (Lipinski definition) is 1. The van der Waals surface area contributed by atoms with Crippen LogP contribution in [0.1, 0.15) is 17.7 Å². The molecular weight excluding hydrogens is 340 g/mol. The summed E-state index contributed by atoms with van der Waals surface area (Å²) in [7, 11) is 0. The fraction of sp³-hybridized carbons (Fsp3) is 0.333. The molecule has 2 amide bonds. The Balaban J connectivity index is 1.63. The second kappa shape index (κ2) is 7.85. The number of likely N-dealkylation sites (tertiary alicyclic amines) is 1. The van der Waals surface area contributed by atoms with Crippen molar-refractivity contribution in [2.24, 2.45) is 0 Å². The number of amides is 2. The van der Waals surface area contributed by atoms with Gasteiger partial charge in [-0.2, -0.15) is 0 Å². The zero-order chi connectivity index (χ0) is 16.9. The van der Waals surface area contributed by atoms with Crippen LogP contribution in [0.25, 0.3) is 0 Å². The summed E-state index contributed by atoms with van der Waals surface area (Å²) in [5.74, 6) is -0.0586. The summed E-state index contributed by atoms with van der Waals surface area (Å²) in [6.07, 6.45) is 4.00. The lowest BCUT2D eigenvalue weighted by molar-refractivity contribution is -0.136. The SMILES string of the molecule is CSc1ccc(NC(=O)C2CCCN2C(=O)Cc2cccs2)cc1. The van der Waals surface area contributed by atoms with Gasteiger partial charge in [0.15, 0.2) is 0 Å². The maximum atomic E-state index is 12.6. The molecule has 1 aliphatic heterocycles. The fourth-order valence-corrected chi connectivity index (χ4v) is 4.01. The van der Waals surface area contributed by atoms with E-state index in [1.165, 1.54) is 0 Å². The second-order valence-corrected chi connectivity index (χ2v) is 7.63. The average molecular weight is 361 g/mol. The van der Waals surface area contributed by atoms with Crippen molar-refractivity contribution in [3.8, 4) is 0 Å². The molecule has 1 aliphatic rings. The Bertz CT molecular complexity index is 698. The normalized spacial score (nSPS) is 17.0. The van der Waals surface area contributed by atoms with Crippen molar-refractivity contribution in [1.82, 2.24) is 4.90 Å². The maximum Gasteiger partial charge on any atom is 0.247 e. The summed E-state index contributed by atoms with van der Waals surface area (Å²) < 4.78 is 0. The minimum Gasteiger partial charge on any atom is -0.330 e. The lowest BCUT2D eigenvalue weighted by Gasteiger charge is -2.24. The van der Waals surface area contributed by atoms with Gasteiger partial charge in [-0.15, -0.1) is 23.1 Å². The molecule has 1 fully saturated rings. The Labute approximate surface area is 150 Å². The molecule has 3 rings (SSSR count). The zero-order valence-corrected chi connectivity index (χ0v) is 15.2. The smallest absolute Gasteiger partial charge is 0.247 e. The molecule has 0 spiro atoms. The van der Waals surface area contributed by atoms with E-state index in [0.717, 1.165) is 28.3 Å².